The van der Waals surface area contributed by atoms with Gasteiger partial charge in [0.2, 0.25) is 0 Å². The monoisotopic (exact) mass is 550 g/mol. The number of carbonyl (C=O) groups is 2. The van der Waals surface area contributed by atoms with E-state index in [4.69, 9.17) is 14.2 Å². The number of aromatic nitrogens is 1. The highest BCUT2D eigenvalue weighted by atomic mass is 16.5. The summed E-state index contributed by atoms with van der Waals surface area (Å²) >= 11 is 0. The second kappa shape index (κ2) is 12.0. The minimum atomic E-state index is -0.868. The summed E-state index contributed by atoms with van der Waals surface area (Å²) in [7, 11) is 3.04. The maximum absolute atomic E-state index is 13.4. The van der Waals surface area contributed by atoms with Crippen molar-refractivity contribution < 1.29 is 28.9 Å². The Bertz CT molecular complexity index is 1600. The number of Topliss-reactive ketones (excluding diaryl/α,β-unsaturated/α-hetero) is 1. The van der Waals surface area contributed by atoms with Gasteiger partial charge in [-0.1, -0.05) is 42.0 Å². The van der Waals surface area contributed by atoms with Crippen molar-refractivity contribution in [3.8, 4) is 17.2 Å². The topological polar surface area (TPSA) is 98.2 Å². The maximum atomic E-state index is 13.4. The molecule has 0 saturated carbocycles. The molecule has 41 heavy (non-hydrogen) atoms. The SMILES string of the molecule is COc1ccc([C@H]2/C(=C(\O)c3ccc(OCc4cccc(C)c4)cc3)C(=O)C(=O)N2Cc2cccnc2)cc1OC. The Morgan fingerprint density at radius 1 is 0.902 bits per heavy atom. The fourth-order valence-electron chi connectivity index (χ4n) is 4.93. The number of rotatable bonds is 9. The first-order chi connectivity index (χ1) is 19.9. The number of hydrogen-bond acceptors (Lipinski definition) is 7. The molecule has 0 bridgehead atoms. The Morgan fingerprint density at radius 3 is 2.34 bits per heavy atom. The third kappa shape index (κ3) is 5.77. The van der Waals surface area contributed by atoms with E-state index in [-0.39, 0.29) is 17.9 Å². The van der Waals surface area contributed by atoms with Crippen molar-refractivity contribution in [2.75, 3.05) is 14.2 Å². The summed E-state index contributed by atoms with van der Waals surface area (Å²) in [5.74, 6) is -0.216. The summed E-state index contributed by atoms with van der Waals surface area (Å²) in [6.45, 7) is 2.54. The second-order valence-electron chi connectivity index (χ2n) is 9.70. The van der Waals surface area contributed by atoms with Crippen LogP contribution in [-0.2, 0) is 22.7 Å². The molecule has 2 heterocycles. The number of aliphatic hydroxyl groups is 1. The summed E-state index contributed by atoms with van der Waals surface area (Å²) < 4.78 is 16.8. The molecular formula is C33H30N2O6. The lowest BCUT2D eigenvalue weighted by atomic mass is 9.94. The Kier molecular flexibility index (Phi) is 8.01. The normalized spacial score (nSPS) is 16.1. The van der Waals surface area contributed by atoms with Crippen LogP contribution in [0.1, 0.15) is 33.9 Å². The van der Waals surface area contributed by atoms with E-state index in [2.05, 4.69) is 11.1 Å². The lowest BCUT2D eigenvalue weighted by Crippen LogP contribution is -2.29. The van der Waals surface area contributed by atoms with Gasteiger partial charge in [-0.3, -0.25) is 14.6 Å². The fourth-order valence-corrected chi connectivity index (χ4v) is 4.93. The average Bonchev–Trinajstić information content (AvgIpc) is 3.25. The summed E-state index contributed by atoms with van der Waals surface area (Å²) in [5, 5.41) is 11.5. The summed E-state index contributed by atoms with van der Waals surface area (Å²) in [6.07, 6.45) is 3.28. The molecule has 1 aliphatic rings. The number of amides is 1. The fraction of sp³-hybridized carbons (Fsp3) is 0.182. The van der Waals surface area contributed by atoms with Gasteiger partial charge in [0.15, 0.2) is 11.5 Å². The van der Waals surface area contributed by atoms with Crippen LogP contribution in [0, 0.1) is 6.92 Å². The number of carbonyl (C=O) groups excluding carboxylic acids is 2. The van der Waals surface area contributed by atoms with E-state index in [0.717, 1.165) is 16.7 Å². The number of benzene rings is 3. The highest BCUT2D eigenvalue weighted by Gasteiger charge is 2.46. The number of pyridine rings is 1. The van der Waals surface area contributed by atoms with E-state index < -0.39 is 17.7 Å². The molecule has 1 aliphatic heterocycles. The van der Waals surface area contributed by atoms with Crippen LogP contribution in [0.15, 0.2) is 96.8 Å². The molecule has 0 spiro atoms. The number of likely N-dealkylation sites (tertiary alicyclic amines) is 1. The largest absolute Gasteiger partial charge is 0.507 e. The van der Waals surface area contributed by atoms with Crippen LogP contribution in [0.3, 0.4) is 0 Å². The van der Waals surface area contributed by atoms with Crippen molar-refractivity contribution in [2.24, 2.45) is 0 Å². The molecule has 1 amide bonds. The highest BCUT2D eigenvalue weighted by Crippen LogP contribution is 2.42. The van der Waals surface area contributed by atoms with Crippen molar-refractivity contribution in [1.82, 2.24) is 9.88 Å². The number of ketones is 1. The van der Waals surface area contributed by atoms with Crippen LogP contribution in [0.2, 0.25) is 0 Å². The maximum Gasteiger partial charge on any atom is 0.295 e. The zero-order chi connectivity index (χ0) is 28.9. The summed E-state index contributed by atoms with van der Waals surface area (Å²) in [4.78, 5) is 32.4. The van der Waals surface area contributed by atoms with Crippen molar-refractivity contribution in [2.45, 2.75) is 26.1 Å². The molecule has 0 unspecified atom stereocenters. The van der Waals surface area contributed by atoms with Crippen LogP contribution in [0.4, 0.5) is 0 Å². The molecular weight excluding hydrogens is 520 g/mol. The van der Waals surface area contributed by atoms with Crippen LogP contribution in [0.25, 0.3) is 5.76 Å². The van der Waals surface area contributed by atoms with E-state index in [1.54, 1.807) is 60.9 Å². The molecule has 0 aliphatic carbocycles. The quantitative estimate of drug-likeness (QED) is 0.164. The van der Waals surface area contributed by atoms with Gasteiger partial charge in [-0.2, -0.15) is 0 Å². The Balaban J connectivity index is 1.51. The minimum Gasteiger partial charge on any atom is -0.507 e. The van der Waals surface area contributed by atoms with E-state index in [9.17, 15) is 14.7 Å². The van der Waals surface area contributed by atoms with Crippen molar-refractivity contribution >= 4 is 17.4 Å². The van der Waals surface area contributed by atoms with E-state index in [1.807, 2.05) is 31.2 Å². The second-order valence-corrected chi connectivity index (χ2v) is 9.70. The average molecular weight is 551 g/mol. The summed E-state index contributed by atoms with van der Waals surface area (Å²) in [6, 6.07) is 22.7. The molecule has 5 rings (SSSR count). The lowest BCUT2D eigenvalue weighted by molar-refractivity contribution is -0.140. The molecule has 0 radical (unpaired) electrons. The van der Waals surface area contributed by atoms with E-state index in [0.29, 0.717) is 35.0 Å². The molecule has 1 fully saturated rings. The minimum absolute atomic E-state index is 0.0143. The molecule has 1 saturated heterocycles. The first-order valence-electron chi connectivity index (χ1n) is 13.1. The highest BCUT2D eigenvalue weighted by molar-refractivity contribution is 6.46. The first kappa shape index (κ1) is 27.5. The van der Waals surface area contributed by atoms with Crippen molar-refractivity contribution in [3.05, 3.63) is 125 Å². The predicted molar refractivity (Wildman–Crippen MR) is 154 cm³/mol. The van der Waals surface area contributed by atoms with Gasteiger partial charge in [-0.05, 0) is 66.1 Å². The number of ether oxygens (including phenoxy) is 3. The molecule has 208 valence electrons. The molecule has 1 N–H and O–H groups in total. The van der Waals surface area contributed by atoms with Gasteiger partial charge < -0.3 is 24.2 Å². The summed E-state index contributed by atoms with van der Waals surface area (Å²) in [5.41, 5.74) is 3.90. The van der Waals surface area contributed by atoms with Gasteiger partial charge in [0, 0.05) is 24.5 Å². The van der Waals surface area contributed by atoms with Crippen LogP contribution < -0.4 is 14.2 Å². The lowest BCUT2D eigenvalue weighted by Gasteiger charge is -2.26. The van der Waals surface area contributed by atoms with Gasteiger partial charge in [0.1, 0.15) is 18.1 Å². The van der Waals surface area contributed by atoms with Crippen molar-refractivity contribution in [3.63, 3.8) is 0 Å². The number of aryl methyl sites for hydroxylation is 1. The van der Waals surface area contributed by atoms with Gasteiger partial charge in [0.25, 0.3) is 11.7 Å². The zero-order valence-corrected chi connectivity index (χ0v) is 23.0. The van der Waals surface area contributed by atoms with E-state index in [1.165, 1.54) is 19.1 Å². The van der Waals surface area contributed by atoms with Gasteiger partial charge >= 0.3 is 0 Å². The molecule has 1 atom stereocenters. The van der Waals surface area contributed by atoms with Crippen LogP contribution >= 0.6 is 0 Å². The number of hydrogen-bond donors (Lipinski definition) is 1. The number of nitrogens with zero attached hydrogens (tertiary/aromatic N) is 2. The molecule has 8 nitrogen and oxygen atoms in total. The molecule has 1 aromatic heterocycles. The number of methoxy groups -OCH3 is 2. The van der Waals surface area contributed by atoms with Gasteiger partial charge in [-0.25, -0.2) is 0 Å². The van der Waals surface area contributed by atoms with Crippen molar-refractivity contribution in [1.29, 1.82) is 0 Å². The molecule has 3 aromatic carbocycles. The van der Waals surface area contributed by atoms with Gasteiger partial charge in [0.05, 0.1) is 25.8 Å². The predicted octanol–water partition coefficient (Wildman–Crippen LogP) is 5.61. The third-order valence-corrected chi connectivity index (χ3v) is 6.95. The Morgan fingerprint density at radius 2 is 1.66 bits per heavy atom. The molecule has 4 aromatic rings. The molecule has 8 heteroatoms. The van der Waals surface area contributed by atoms with E-state index >= 15 is 0 Å². The number of aliphatic hydroxyl groups excluding tert-OH is 1. The Labute approximate surface area is 238 Å². The van der Waals surface area contributed by atoms with Crippen LogP contribution in [0.5, 0.6) is 17.2 Å². The third-order valence-electron chi connectivity index (χ3n) is 6.95. The standard InChI is InChI=1S/C33H30N2O6/c1-21-6-4-7-22(16-21)20-41-26-12-9-24(10-13-26)31(36)29-30(25-11-14-27(39-2)28(17-25)40-3)35(33(38)32(29)37)19-23-8-5-15-34-18-23/h4-18,30,36H,19-20H2,1-3H3/b31-29+/t30-/m0/s1. The Hall–Kier alpha value is -5.11. The van der Waals surface area contributed by atoms with Crippen LogP contribution in [-0.4, -0.2) is 40.9 Å². The first-order valence-corrected chi connectivity index (χ1v) is 13.1. The zero-order valence-electron chi connectivity index (χ0n) is 23.0. The van der Waals surface area contributed by atoms with Gasteiger partial charge in [-0.15, -0.1) is 0 Å². The smallest absolute Gasteiger partial charge is 0.295 e.